The SMILES string of the molecule is Cc1ccc(C2C(N)CCCC(=O)N2CC(C)C)cc1F. The van der Waals surface area contributed by atoms with Crippen molar-refractivity contribution in [2.45, 2.75) is 52.1 Å². The van der Waals surface area contributed by atoms with Crippen LogP contribution in [-0.4, -0.2) is 23.4 Å². The summed E-state index contributed by atoms with van der Waals surface area (Å²) in [4.78, 5) is 14.3. The summed E-state index contributed by atoms with van der Waals surface area (Å²) in [6.45, 7) is 6.56. The van der Waals surface area contributed by atoms with E-state index in [0.717, 1.165) is 18.4 Å². The molecular formula is C17H25FN2O. The van der Waals surface area contributed by atoms with Gasteiger partial charge in [-0.3, -0.25) is 4.79 Å². The molecule has 2 atom stereocenters. The van der Waals surface area contributed by atoms with Gasteiger partial charge in [0.1, 0.15) is 5.82 Å². The maximum Gasteiger partial charge on any atom is 0.223 e. The molecule has 1 aromatic rings. The number of nitrogens with two attached hydrogens (primary N) is 1. The summed E-state index contributed by atoms with van der Waals surface area (Å²) in [7, 11) is 0. The third kappa shape index (κ3) is 3.62. The van der Waals surface area contributed by atoms with Gasteiger partial charge in [-0.15, -0.1) is 0 Å². The van der Waals surface area contributed by atoms with Crippen molar-refractivity contribution in [2.24, 2.45) is 11.7 Å². The van der Waals surface area contributed by atoms with Crippen molar-refractivity contribution in [2.75, 3.05) is 6.54 Å². The lowest BCUT2D eigenvalue weighted by molar-refractivity contribution is -0.133. The molecule has 0 saturated carbocycles. The van der Waals surface area contributed by atoms with Gasteiger partial charge >= 0.3 is 0 Å². The molecule has 1 aliphatic heterocycles. The topological polar surface area (TPSA) is 46.3 Å². The number of likely N-dealkylation sites (tertiary alicyclic amines) is 1. The van der Waals surface area contributed by atoms with E-state index in [1.54, 1.807) is 13.0 Å². The molecule has 1 fully saturated rings. The Hall–Kier alpha value is -1.42. The predicted molar refractivity (Wildman–Crippen MR) is 82.3 cm³/mol. The number of hydrogen-bond acceptors (Lipinski definition) is 2. The van der Waals surface area contributed by atoms with Gasteiger partial charge in [0.25, 0.3) is 0 Å². The second-order valence-corrected chi connectivity index (χ2v) is 6.45. The summed E-state index contributed by atoms with van der Waals surface area (Å²) in [6.07, 6.45) is 2.13. The van der Waals surface area contributed by atoms with E-state index in [4.69, 9.17) is 5.73 Å². The van der Waals surface area contributed by atoms with Crippen LogP contribution >= 0.6 is 0 Å². The van der Waals surface area contributed by atoms with E-state index in [1.165, 1.54) is 6.07 Å². The highest BCUT2D eigenvalue weighted by Gasteiger charge is 2.33. The van der Waals surface area contributed by atoms with E-state index in [1.807, 2.05) is 11.0 Å². The van der Waals surface area contributed by atoms with Crippen LogP contribution in [-0.2, 0) is 4.79 Å². The summed E-state index contributed by atoms with van der Waals surface area (Å²) < 4.78 is 13.9. The number of halogens is 1. The largest absolute Gasteiger partial charge is 0.334 e. The highest BCUT2D eigenvalue weighted by atomic mass is 19.1. The maximum atomic E-state index is 13.9. The number of aryl methyl sites for hydroxylation is 1. The minimum Gasteiger partial charge on any atom is -0.334 e. The van der Waals surface area contributed by atoms with Gasteiger partial charge in [-0.1, -0.05) is 26.0 Å². The van der Waals surface area contributed by atoms with Crippen LogP contribution in [0.1, 0.15) is 50.3 Å². The molecule has 4 heteroatoms. The number of carbonyl (C=O) groups is 1. The number of benzene rings is 1. The van der Waals surface area contributed by atoms with Crippen molar-refractivity contribution in [1.82, 2.24) is 4.90 Å². The van der Waals surface area contributed by atoms with Gasteiger partial charge in [0.15, 0.2) is 0 Å². The molecule has 1 aromatic carbocycles. The van der Waals surface area contributed by atoms with E-state index < -0.39 is 0 Å². The normalized spacial score (nSPS) is 23.5. The van der Waals surface area contributed by atoms with Crippen LogP contribution in [0.3, 0.4) is 0 Å². The molecule has 1 aliphatic rings. The van der Waals surface area contributed by atoms with Gasteiger partial charge in [0.2, 0.25) is 5.91 Å². The van der Waals surface area contributed by atoms with Crippen LogP contribution in [0.2, 0.25) is 0 Å². The Bertz CT molecular complexity index is 516. The first-order valence-corrected chi connectivity index (χ1v) is 7.71. The van der Waals surface area contributed by atoms with E-state index in [0.29, 0.717) is 24.4 Å². The van der Waals surface area contributed by atoms with Crippen LogP contribution in [0.5, 0.6) is 0 Å². The molecule has 0 aliphatic carbocycles. The van der Waals surface area contributed by atoms with E-state index in [9.17, 15) is 9.18 Å². The molecule has 116 valence electrons. The minimum atomic E-state index is -0.235. The fraction of sp³-hybridized carbons (Fsp3) is 0.588. The first kappa shape index (κ1) is 16.0. The Balaban J connectivity index is 2.40. The lowest BCUT2D eigenvalue weighted by Crippen LogP contribution is -2.43. The fourth-order valence-corrected chi connectivity index (χ4v) is 3.01. The van der Waals surface area contributed by atoms with Gasteiger partial charge in [-0.2, -0.15) is 0 Å². The summed E-state index contributed by atoms with van der Waals surface area (Å²) in [5, 5.41) is 0. The second kappa shape index (κ2) is 6.56. The zero-order chi connectivity index (χ0) is 15.6. The standard InChI is InChI=1S/C17H25FN2O/c1-11(2)10-20-16(21)6-4-5-15(19)17(20)13-8-7-12(3)14(18)9-13/h7-9,11,15,17H,4-6,10,19H2,1-3H3. The van der Waals surface area contributed by atoms with Gasteiger partial charge in [-0.05, 0) is 42.9 Å². The zero-order valence-corrected chi connectivity index (χ0v) is 13.1. The number of rotatable bonds is 3. The van der Waals surface area contributed by atoms with Gasteiger partial charge in [0, 0.05) is 19.0 Å². The summed E-state index contributed by atoms with van der Waals surface area (Å²) in [5.41, 5.74) is 7.73. The molecule has 0 radical (unpaired) electrons. The monoisotopic (exact) mass is 292 g/mol. The van der Waals surface area contributed by atoms with Crippen molar-refractivity contribution < 1.29 is 9.18 Å². The molecule has 0 bridgehead atoms. The first-order valence-electron chi connectivity index (χ1n) is 7.71. The number of hydrogen-bond donors (Lipinski definition) is 1. The molecule has 1 amide bonds. The summed E-state index contributed by atoms with van der Waals surface area (Å²) >= 11 is 0. The third-order valence-corrected chi connectivity index (χ3v) is 4.09. The number of nitrogens with zero attached hydrogens (tertiary/aromatic N) is 1. The molecule has 2 N–H and O–H groups in total. The fourth-order valence-electron chi connectivity index (χ4n) is 3.01. The molecule has 2 unspecified atom stereocenters. The van der Waals surface area contributed by atoms with E-state index >= 15 is 0 Å². The molecular weight excluding hydrogens is 267 g/mol. The molecule has 21 heavy (non-hydrogen) atoms. The predicted octanol–water partition coefficient (Wildman–Crippen LogP) is 3.17. The third-order valence-electron chi connectivity index (χ3n) is 4.09. The Morgan fingerprint density at radius 1 is 1.43 bits per heavy atom. The van der Waals surface area contributed by atoms with Gasteiger partial charge in [-0.25, -0.2) is 4.39 Å². The second-order valence-electron chi connectivity index (χ2n) is 6.45. The van der Waals surface area contributed by atoms with Gasteiger partial charge in [0.05, 0.1) is 6.04 Å². The van der Waals surface area contributed by atoms with Crippen molar-refractivity contribution in [3.05, 3.63) is 35.1 Å². The van der Waals surface area contributed by atoms with Crippen LogP contribution < -0.4 is 5.73 Å². The highest BCUT2D eigenvalue weighted by Crippen LogP contribution is 2.31. The van der Waals surface area contributed by atoms with E-state index in [-0.39, 0.29) is 23.8 Å². The maximum absolute atomic E-state index is 13.9. The Morgan fingerprint density at radius 2 is 2.14 bits per heavy atom. The average Bonchev–Trinajstić information content (AvgIpc) is 2.53. The summed E-state index contributed by atoms with van der Waals surface area (Å²) in [6, 6.07) is 4.83. The van der Waals surface area contributed by atoms with Gasteiger partial charge < -0.3 is 10.6 Å². The first-order chi connectivity index (χ1) is 9.90. The molecule has 0 aromatic heterocycles. The quantitative estimate of drug-likeness (QED) is 0.930. The molecule has 1 heterocycles. The van der Waals surface area contributed by atoms with Crippen LogP contribution in [0.15, 0.2) is 18.2 Å². The Morgan fingerprint density at radius 3 is 2.76 bits per heavy atom. The molecule has 0 spiro atoms. The molecule has 2 rings (SSSR count). The summed E-state index contributed by atoms with van der Waals surface area (Å²) in [5.74, 6) is 0.251. The van der Waals surface area contributed by atoms with Crippen LogP contribution in [0.25, 0.3) is 0 Å². The smallest absolute Gasteiger partial charge is 0.223 e. The number of amides is 1. The van der Waals surface area contributed by atoms with Crippen LogP contribution in [0, 0.1) is 18.7 Å². The number of carbonyl (C=O) groups excluding carboxylic acids is 1. The molecule has 3 nitrogen and oxygen atoms in total. The Kier molecular flexibility index (Phi) is 4.99. The van der Waals surface area contributed by atoms with Crippen LogP contribution in [0.4, 0.5) is 4.39 Å². The average molecular weight is 292 g/mol. The zero-order valence-electron chi connectivity index (χ0n) is 13.1. The van der Waals surface area contributed by atoms with E-state index in [2.05, 4.69) is 13.8 Å². The lowest BCUT2D eigenvalue weighted by atomic mass is 9.94. The minimum absolute atomic E-state index is 0.127. The highest BCUT2D eigenvalue weighted by molar-refractivity contribution is 5.77. The molecule has 1 saturated heterocycles. The van der Waals surface area contributed by atoms with Crippen molar-refractivity contribution >= 4 is 5.91 Å². The lowest BCUT2D eigenvalue weighted by Gasteiger charge is -2.35. The van der Waals surface area contributed by atoms with Crippen molar-refractivity contribution in [3.8, 4) is 0 Å². The van der Waals surface area contributed by atoms with Crippen molar-refractivity contribution in [3.63, 3.8) is 0 Å². The van der Waals surface area contributed by atoms with Crippen molar-refractivity contribution in [1.29, 1.82) is 0 Å². The Labute approximate surface area is 126 Å².